The number of aryl methyl sites for hydroxylation is 2. The van der Waals surface area contributed by atoms with Crippen molar-refractivity contribution in [3.8, 4) is 16.8 Å². The van der Waals surface area contributed by atoms with Crippen LogP contribution in [0.25, 0.3) is 38.6 Å². The molecule has 1 fully saturated rings. The number of amides is 1. The van der Waals surface area contributed by atoms with Gasteiger partial charge in [0.2, 0.25) is 5.91 Å². The standard InChI is InChI=1S/C34H33F2N7O4S/c1-7-23(44)41-13-19(6)42-20(14-41)15-48(46,47)32-26-31(27(35)25(28(32)36)24-17(4)8-9-22-21(24)12-38-40-22)43(34(45)39-33(26)42)30-18(5)10-11-37-29(30)16(2)3/h7-12,16,19-20H,1,13-15H2,2-6H3,(H,38,40). The second-order valence-electron chi connectivity index (χ2n) is 12.9. The number of piperazine rings is 1. The van der Waals surface area contributed by atoms with Gasteiger partial charge in [0, 0.05) is 36.3 Å². The van der Waals surface area contributed by atoms with Crippen molar-refractivity contribution in [2.45, 2.75) is 57.5 Å². The van der Waals surface area contributed by atoms with E-state index in [2.05, 4.69) is 26.7 Å². The van der Waals surface area contributed by atoms with Gasteiger partial charge in [0.25, 0.3) is 0 Å². The van der Waals surface area contributed by atoms with E-state index in [-0.39, 0.29) is 41.5 Å². The van der Waals surface area contributed by atoms with Gasteiger partial charge in [-0.15, -0.1) is 0 Å². The van der Waals surface area contributed by atoms with Crippen molar-refractivity contribution in [1.29, 1.82) is 0 Å². The normalized spacial score (nSPS) is 18.8. The number of sulfone groups is 1. The molecule has 2 unspecified atom stereocenters. The molecule has 0 bridgehead atoms. The van der Waals surface area contributed by atoms with Crippen molar-refractivity contribution >= 4 is 43.4 Å². The monoisotopic (exact) mass is 673 g/mol. The van der Waals surface area contributed by atoms with Crippen molar-refractivity contribution in [3.63, 3.8) is 0 Å². The first-order valence-electron chi connectivity index (χ1n) is 15.6. The first kappa shape index (κ1) is 31.6. The molecular formula is C34H33F2N7O4S. The lowest BCUT2D eigenvalue weighted by Gasteiger charge is -2.45. The van der Waals surface area contributed by atoms with Crippen LogP contribution in [0.2, 0.25) is 0 Å². The molecule has 3 aromatic heterocycles. The van der Waals surface area contributed by atoms with E-state index in [0.29, 0.717) is 27.7 Å². The summed E-state index contributed by atoms with van der Waals surface area (Å²) in [5.41, 5.74) is 0.408. The Hall–Kier alpha value is -4.98. The summed E-state index contributed by atoms with van der Waals surface area (Å²) in [5.74, 6) is -3.80. The number of hydrogen-bond donors (Lipinski definition) is 1. The molecule has 14 heteroatoms. The number of anilines is 1. The number of rotatable bonds is 4. The molecule has 0 radical (unpaired) electrons. The molecule has 2 atom stereocenters. The zero-order chi connectivity index (χ0) is 34.4. The molecular weight excluding hydrogens is 640 g/mol. The van der Waals surface area contributed by atoms with Gasteiger partial charge >= 0.3 is 5.69 Å². The number of carbonyl (C=O) groups excluding carboxylic acids is 1. The quantitative estimate of drug-likeness (QED) is 0.214. The molecule has 0 saturated carbocycles. The number of benzene rings is 2. The Balaban J connectivity index is 1.71. The van der Waals surface area contributed by atoms with Gasteiger partial charge in [0.15, 0.2) is 21.5 Å². The maximum Gasteiger partial charge on any atom is 0.354 e. The molecule has 7 rings (SSSR count). The fourth-order valence-electron chi connectivity index (χ4n) is 7.36. The minimum Gasteiger partial charge on any atom is -0.346 e. The van der Waals surface area contributed by atoms with E-state index >= 15 is 8.78 Å². The number of aromatic nitrogens is 5. The molecule has 1 N–H and O–H groups in total. The van der Waals surface area contributed by atoms with Crippen LogP contribution in [-0.2, 0) is 14.6 Å². The Morgan fingerprint density at radius 1 is 1.10 bits per heavy atom. The second kappa shape index (κ2) is 11.0. The number of halogens is 2. The summed E-state index contributed by atoms with van der Waals surface area (Å²) in [4.78, 5) is 38.3. The zero-order valence-corrected chi connectivity index (χ0v) is 27.8. The van der Waals surface area contributed by atoms with Crippen LogP contribution in [0.15, 0.2) is 52.9 Å². The highest BCUT2D eigenvalue weighted by Gasteiger charge is 2.45. The van der Waals surface area contributed by atoms with Gasteiger partial charge in [-0.1, -0.05) is 26.5 Å². The summed E-state index contributed by atoms with van der Waals surface area (Å²) < 4.78 is 65.1. The van der Waals surface area contributed by atoms with Gasteiger partial charge in [-0.3, -0.25) is 19.4 Å². The van der Waals surface area contributed by atoms with Gasteiger partial charge in [-0.2, -0.15) is 10.1 Å². The lowest BCUT2D eigenvalue weighted by Crippen LogP contribution is -2.61. The molecule has 2 aromatic carbocycles. The van der Waals surface area contributed by atoms with Crippen LogP contribution in [0.1, 0.15) is 43.5 Å². The predicted molar refractivity (Wildman–Crippen MR) is 178 cm³/mol. The van der Waals surface area contributed by atoms with Gasteiger partial charge in [0.05, 0.1) is 51.4 Å². The number of pyridine rings is 1. The highest BCUT2D eigenvalue weighted by molar-refractivity contribution is 7.91. The van der Waals surface area contributed by atoms with Crippen LogP contribution in [0.5, 0.6) is 0 Å². The van der Waals surface area contributed by atoms with E-state index in [1.54, 1.807) is 50.1 Å². The van der Waals surface area contributed by atoms with E-state index < -0.39 is 66.9 Å². The minimum absolute atomic E-state index is 0.0573. The van der Waals surface area contributed by atoms with Crippen LogP contribution in [0, 0.1) is 25.5 Å². The number of hydrogen-bond acceptors (Lipinski definition) is 8. The van der Waals surface area contributed by atoms with Gasteiger partial charge < -0.3 is 9.80 Å². The third-order valence-electron chi connectivity index (χ3n) is 9.40. The van der Waals surface area contributed by atoms with Gasteiger partial charge in [0.1, 0.15) is 10.7 Å². The molecule has 1 amide bonds. The maximum absolute atomic E-state index is 17.7. The third-order valence-corrected chi connectivity index (χ3v) is 11.2. The van der Waals surface area contributed by atoms with E-state index in [4.69, 9.17) is 0 Å². The van der Waals surface area contributed by atoms with Gasteiger partial charge in [-0.25, -0.2) is 22.0 Å². The lowest BCUT2D eigenvalue weighted by atomic mass is 9.94. The first-order valence-corrected chi connectivity index (χ1v) is 17.2. The van der Waals surface area contributed by atoms with E-state index in [9.17, 15) is 18.0 Å². The molecule has 48 heavy (non-hydrogen) atoms. The highest BCUT2D eigenvalue weighted by Crippen LogP contribution is 2.46. The molecule has 2 aliphatic heterocycles. The summed E-state index contributed by atoms with van der Waals surface area (Å²) in [6.07, 6.45) is 4.14. The molecule has 0 aliphatic carbocycles. The number of nitrogens with zero attached hydrogens (tertiary/aromatic N) is 6. The summed E-state index contributed by atoms with van der Waals surface area (Å²) in [7, 11) is -4.56. The lowest BCUT2D eigenvalue weighted by molar-refractivity contribution is -0.127. The molecule has 2 aliphatic rings. The van der Waals surface area contributed by atoms with Crippen LogP contribution in [-0.4, -0.2) is 74.9 Å². The second-order valence-corrected chi connectivity index (χ2v) is 14.8. The van der Waals surface area contributed by atoms with Crippen LogP contribution < -0.4 is 10.6 Å². The fraction of sp³-hybridized carbons (Fsp3) is 0.324. The van der Waals surface area contributed by atoms with Crippen LogP contribution in [0.3, 0.4) is 0 Å². The number of carbonyl (C=O) groups is 1. The summed E-state index contributed by atoms with van der Waals surface area (Å²) in [6, 6.07) is 3.54. The number of nitrogens with one attached hydrogen (secondary N) is 1. The number of H-pyrrole nitrogens is 1. The van der Waals surface area contributed by atoms with Crippen molar-refractivity contribution in [1.82, 2.24) is 29.6 Å². The van der Waals surface area contributed by atoms with Crippen LogP contribution >= 0.6 is 0 Å². The van der Waals surface area contributed by atoms with Gasteiger partial charge in [-0.05, 0) is 56.0 Å². The Bertz CT molecular complexity index is 2390. The fourth-order valence-corrected chi connectivity index (χ4v) is 9.17. The van der Waals surface area contributed by atoms with Crippen molar-refractivity contribution in [2.75, 3.05) is 23.7 Å². The SMILES string of the molecule is C=CC(=O)N1CC(C)N2c3nc(=O)n(-c4c(C)ccnc4C(C)C)c4c(F)c(-c5c(C)ccc6[nH]ncc56)c(F)c(c34)S(=O)(=O)CC2C1. The largest absolute Gasteiger partial charge is 0.354 e. The van der Waals surface area contributed by atoms with Crippen molar-refractivity contribution in [2.24, 2.45) is 0 Å². The van der Waals surface area contributed by atoms with E-state index in [1.165, 1.54) is 11.1 Å². The Labute approximate surface area is 274 Å². The summed E-state index contributed by atoms with van der Waals surface area (Å²) in [6.45, 7) is 12.5. The summed E-state index contributed by atoms with van der Waals surface area (Å²) in [5, 5.41) is 6.91. The molecule has 5 heterocycles. The minimum atomic E-state index is -4.56. The smallest absolute Gasteiger partial charge is 0.346 e. The van der Waals surface area contributed by atoms with Crippen LogP contribution in [0.4, 0.5) is 14.6 Å². The Kier molecular flexibility index (Phi) is 7.27. The molecule has 248 valence electrons. The predicted octanol–water partition coefficient (Wildman–Crippen LogP) is 4.72. The number of aromatic amines is 1. The summed E-state index contributed by atoms with van der Waals surface area (Å²) >= 11 is 0. The zero-order valence-electron chi connectivity index (χ0n) is 27.0. The van der Waals surface area contributed by atoms with E-state index in [0.717, 1.165) is 10.6 Å². The topological polar surface area (TPSA) is 134 Å². The first-order chi connectivity index (χ1) is 22.8. The van der Waals surface area contributed by atoms with E-state index in [1.807, 2.05) is 13.8 Å². The molecule has 5 aromatic rings. The molecule has 1 saturated heterocycles. The van der Waals surface area contributed by atoms with Crippen molar-refractivity contribution in [3.05, 3.63) is 82.2 Å². The average molecular weight is 674 g/mol. The molecule has 0 spiro atoms. The molecule has 11 nitrogen and oxygen atoms in total. The van der Waals surface area contributed by atoms with Crippen molar-refractivity contribution < 1.29 is 22.0 Å². The highest BCUT2D eigenvalue weighted by atomic mass is 32.2. The Morgan fingerprint density at radius 3 is 2.56 bits per heavy atom. The average Bonchev–Trinajstić information content (AvgIpc) is 3.47. The maximum atomic E-state index is 17.7. The third kappa shape index (κ3) is 4.49. The Morgan fingerprint density at radius 2 is 1.85 bits per heavy atom. The number of fused-ring (bicyclic) bond motifs is 3.